The van der Waals surface area contributed by atoms with E-state index in [4.69, 9.17) is 22.2 Å². The van der Waals surface area contributed by atoms with Crippen LogP contribution < -0.4 is 11.3 Å². The van der Waals surface area contributed by atoms with Crippen molar-refractivity contribution in [1.29, 1.82) is 0 Å². The largest absolute Gasteiger partial charge is 0.378 e. The SMILES string of the molecule is CCCn1ncc(Cl)c1C(CC1CCCO1)NN. The second-order valence-corrected chi connectivity index (χ2v) is 5.10. The van der Waals surface area contributed by atoms with E-state index in [0.29, 0.717) is 5.02 Å². The zero-order valence-corrected chi connectivity index (χ0v) is 11.5. The first-order valence-electron chi connectivity index (χ1n) is 6.55. The van der Waals surface area contributed by atoms with Gasteiger partial charge in [0.25, 0.3) is 0 Å². The first kappa shape index (κ1) is 13.8. The third-order valence-electron chi connectivity index (χ3n) is 3.32. The fourth-order valence-corrected chi connectivity index (χ4v) is 2.73. The molecule has 0 aliphatic carbocycles. The summed E-state index contributed by atoms with van der Waals surface area (Å²) >= 11 is 6.22. The number of nitrogens with two attached hydrogens (primary N) is 1. The summed E-state index contributed by atoms with van der Waals surface area (Å²) in [4.78, 5) is 0. The highest BCUT2D eigenvalue weighted by molar-refractivity contribution is 6.31. The van der Waals surface area contributed by atoms with Crippen LogP contribution in [0.4, 0.5) is 0 Å². The molecule has 1 aliphatic rings. The fourth-order valence-electron chi connectivity index (χ4n) is 2.46. The zero-order valence-electron chi connectivity index (χ0n) is 10.7. The van der Waals surface area contributed by atoms with E-state index in [1.54, 1.807) is 6.20 Å². The van der Waals surface area contributed by atoms with E-state index in [0.717, 1.165) is 44.5 Å². The fraction of sp³-hybridized carbons (Fsp3) is 0.750. The topological polar surface area (TPSA) is 65.1 Å². The van der Waals surface area contributed by atoms with E-state index in [1.807, 2.05) is 4.68 Å². The minimum absolute atomic E-state index is 0.00495. The summed E-state index contributed by atoms with van der Waals surface area (Å²) in [5.41, 5.74) is 3.81. The molecule has 0 aromatic carbocycles. The molecular formula is C12H21ClN4O. The van der Waals surface area contributed by atoms with Gasteiger partial charge in [0.2, 0.25) is 0 Å². The Morgan fingerprint density at radius 2 is 2.56 bits per heavy atom. The summed E-state index contributed by atoms with van der Waals surface area (Å²) in [6.07, 6.45) is 6.04. The van der Waals surface area contributed by atoms with Crippen molar-refractivity contribution in [1.82, 2.24) is 15.2 Å². The van der Waals surface area contributed by atoms with Gasteiger partial charge in [0.05, 0.1) is 29.1 Å². The second-order valence-electron chi connectivity index (χ2n) is 4.69. The van der Waals surface area contributed by atoms with Gasteiger partial charge in [0, 0.05) is 13.2 Å². The summed E-state index contributed by atoms with van der Waals surface area (Å²) in [7, 11) is 0. The number of nitrogens with one attached hydrogen (secondary N) is 1. The summed E-state index contributed by atoms with van der Waals surface area (Å²) in [6, 6.07) is -0.00495. The molecule has 0 bridgehead atoms. The van der Waals surface area contributed by atoms with Crippen molar-refractivity contribution in [3.63, 3.8) is 0 Å². The van der Waals surface area contributed by atoms with Gasteiger partial charge < -0.3 is 4.74 Å². The number of hydrogen-bond donors (Lipinski definition) is 2. The standard InChI is InChI=1S/C12H21ClN4O/c1-2-5-17-12(10(13)8-15-17)11(16-14)7-9-4-3-6-18-9/h8-9,11,16H,2-7,14H2,1H3. The van der Waals surface area contributed by atoms with E-state index in [2.05, 4.69) is 17.4 Å². The molecule has 5 nitrogen and oxygen atoms in total. The van der Waals surface area contributed by atoms with Crippen LogP contribution in [-0.4, -0.2) is 22.5 Å². The maximum atomic E-state index is 6.22. The van der Waals surface area contributed by atoms with Gasteiger partial charge in [-0.1, -0.05) is 18.5 Å². The average molecular weight is 273 g/mol. The molecule has 102 valence electrons. The number of ether oxygens (including phenoxy) is 1. The van der Waals surface area contributed by atoms with E-state index in [9.17, 15) is 0 Å². The summed E-state index contributed by atoms with van der Waals surface area (Å²) in [6.45, 7) is 3.82. The van der Waals surface area contributed by atoms with Crippen LogP contribution in [0.1, 0.15) is 44.3 Å². The molecule has 0 amide bonds. The minimum atomic E-state index is -0.00495. The first-order chi connectivity index (χ1) is 8.76. The molecule has 0 spiro atoms. The molecule has 1 aromatic heterocycles. The molecule has 1 aliphatic heterocycles. The van der Waals surface area contributed by atoms with Crippen molar-refractivity contribution in [3.05, 3.63) is 16.9 Å². The molecular weight excluding hydrogens is 252 g/mol. The molecule has 18 heavy (non-hydrogen) atoms. The van der Waals surface area contributed by atoms with Gasteiger partial charge >= 0.3 is 0 Å². The lowest BCUT2D eigenvalue weighted by Crippen LogP contribution is -2.32. The van der Waals surface area contributed by atoms with Gasteiger partial charge in [0.1, 0.15) is 0 Å². The Labute approximate surface area is 113 Å². The van der Waals surface area contributed by atoms with Crippen LogP contribution in [-0.2, 0) is 11.3 Å². The number of aromatic nitrogens is 2. The van der Waals surface area contributed by atoms with Gasteiger partial charge in [0.15, 0.2) is 0 Å². The van der Waals surface area contributed by atoms with Gasteiger partial charge in [-0.2, -0.15) is 5.10 Å². The molecule has 6 heteroatoms. The molecule has 3 N–H and O–H groups in total. The van der Waals surface area contributed by atoms with Gasteiger partial charge in [-0.05, 0) is 25.7 Å². The van der Waals surface area contributed by atoms with Crippen molar-refractivity contribution < 1.29 is 4.74 Å². The van der Waals surface area contributed by atoms with Crippen LogP contribution in [0.3, 0.4) is 0 Å². The predicted octanol–water partition coefficient (Wildman–Crippen LogP) is 2.02. The van der Waals surface area contributed by atoms with Crippen molar-refractivity contribution in [2.45, 2.75) is 51.3 Å². The van der Waals surface area contributed by atoms with E-state index < -0.39 is 0 Å². The number of rotatable bonds is 6. The maximum absolute atomic E-state index is 6.22. The van der Waals surface area contributed by atoms with Crippen LogP contribution in [0.25, 0.3) is 0 Å². The first-order valence-corrected chi connectivity index (χ1v) is 6.93. The highest BCUT2D eigenvalue weighted by atomic mass is 35.5. The maximum Gasteiger partial charge on any atom is 0.0834 e. The Morgan fingerprint density at radius 3 is 3.17 bits per heavy atom. The van der Waals surface area contributed by atoms with Crippen molar-refractivity contribution >= 4 is 11.6 Å². The quantitative estimate of drug-likeness (QED) is 0.614. The van der Waals surface area contributed by atoms with E-state index in [-0.39, 0.29) is 12.1 Å². The highest BCUT2D eigenvalue weighted by Crippen LogP contribution is 2.29. The van der Waals surface area contributed by atoms with Crippen molar-refractivity contribution in [2.24, 2.45) is 5.84 Å². The molecule has 2 rings (SSSR count). The summed E-state index contributed by atoms with van der Waals surface area (Å²) < 4.78 is 7.59. The number of aryl methyl sites for hydroxylation is 1. The summed E-state index contributed by atoms with van der Waals surface area (Å²) in [5, 5.41) is 4.97. The number of hydrazine groups is 1. The lowest BCUT2D eigenvalue weighted by Gasteiger charge is -2.21. The van der Waals surface area contributed by atoms with Crippen LogP contribution in [0.15, 0.2) is 6.20 Å². The van der Waals surface area contributed by atoms with Crippen molar-refractivity contribution in [2.75, 3.05) is 6.61 Å². The number of halogens is 1. The lowest BCUT2D eigenvalue weighted by atomic mass is 10.0. The Kier molecular flexibility index (Phi) is 5.00. The van der Waals surface area contributed by atoms with Crippen LogP contribution in [0.2, 0.25) is 5.02 Å². The Hall–Kier alpha value is -0.620. The lowest BCUT2D eigenvalue weighted by molar-refractivity contribution is 0.0936. The molecule has 1 aromatic rings. The molecule has 1 fully saturated rings. The normalized spacial score (nSPS) is 21.4. The van der Waals surface area contributed by atoms with Crippen LogP contribution in [0.5, 0.6) is 0 Å². The molecule has 0 radical (unpaired) electrons. The number of hydrogen-bond acceptors (Lipinski definition) is 4. The van der Waals surface area contributed by atoms with Gasteiger partial charge in [-0.25, -0.2) is 0 Å². The Bertz CT molecular complexity index is 376. The molecule has 2 atom stereocenters. The number of nitrogens with zero attached hydrogens (tertiary/aromatic N) is 2. The van der Waals surface area contributed by atoms with Crippen molar-refractivity contribution in [3.8, 4) is 0 Å². The molecule has 1 saturated heterocycles. The Balaban J connectivity index is 2.12. The highest BCUT2D eigenvalue weighted by Gasteiger charge is 2.25. The van der Waals surface area contributed by atoms with Gasteiger partial charge in [-0.3, -0.25) is 16.0 Å². The molecule has 2 heterocycles. The predicted molar refractivity (Wildman–Crippen MR) is 71.2 cm³/mol. The molecule has 0 saturated carbocycles. The third-order valence-corrected chi connectivity index (χ3v) is 3.61. The van der Waals surface area contributed by atoms with E-state index in [1.165, 1.54) is 0 Å². The van der Waals surface area contributed by atoms with E-state index >= 15 is 0 Å². The van der Waals surface area contributed by atoms with Crippen LogP contribution in [0, 0.1) is 0 Å². The second kappa shape index (κ2) is 6.52. The Morgan fingerprint density at radius 1 is 1.72 bits per heavy atom. The minimum Gasteiger partial charge on any atom is -0.378 e. The third kappa shape index (κ3) is 3.03. The molecule has 2 unspecified atom stereocenters. The van der Waals surface area contributed by atoms with Crippen LogP contribution >= 0.6 is 11.6 Å². The zero-order chi connectivity index (χ0) is 13.0. The smallest absolute Gasteiger partial charge is 0.0834 e. The van der Waals surface area contributed by atoms with Gasteiger partial charge in [-0.15, -0.1) is 0 Å². The summed E-state index contributed by atoms with van der Waals surface area (Å²) in [5.74, 6) is 5.67. The monoisotopic (exact) mass is 272 g/mol. The average Bonchev–Trinajstić information content (AvgIpc) is 2.98.